The fourth-order valence-electron chi connectivity index (χ4n) is 3.77. The van der Waals surface area contributed by atoms with Gasteiger partial charge in [-0.25, -0.2) is 18.7 Å². The van der Waals surface area contributed by atoms with E-state index in [1.807, 2.05) is 18.2 Å². The van der Waals surface area contributed by atoms with Gasteiger partial charge in [0.05, 0.1) is 11.1 Å². The molecule has 4 rings (SSSR count). The average Bonchev–Trinajstić information content (AvgIpc) is 3.21. The molecule has 2 aliphatic rings. The monoisotopic (exact) mass is 372 g/mol. The van der Waals surface area contributed by atoms with Crippen LogP contribution in [0.3, 0.4) is 0 Å². The van der Waals surface area contributed by atoms with Gasteiger partial charge in [0.2, 0.25) is 12.2 Å². The molecule has 1 aliphatic carbocycles. The fraction of sp³-hybridized carbons (Fsp3) is 0.400. The van der Waals surface area contributed by atoms with Crippen molar-refractivity contribution >= 4 is 11.7 Å². The van der Waals surface area contributed by atoms with Crippen LogP contribution in [0.1, 0.15) is 43.2 Å². The molecular weight excluding hydrogens is 350 g/mol. The molecule has 0 radical (unpaired) electrons. The van der Waals surface area contributed by atoms with Crippen LogP contribution in [0.15, 0.2) is 48.9 Å². The molecule has 2 N–H and O–H groups in total. The molecule has 0 saturated heterocycles. The second kappa shape index (κ2) is 7.50. The van der Waals surface area contributed by atoms with Crippen LogP contribution in [0.4, 0.5) is 14.7 Å². The minimum absolute atomic E-state index is 0.174. The molecule has 2 heterocycles. The Balaban J connectivity index is 1.52. The van der Waals surface area contributed by atoms with Gasteiger partial charge in [-0.3, -0.25) is 0 Å². The first kappa shape index (κ1) is 17.7. The maximum absolute atomic E-state index is 12.7. The van der Waals surface area contributed by atoms with Crippen LogP contribution in [-0.4, -0.2) is 22.6 Å². The number of anilines is 1. The first-order valence-corrected chi connectivity index (χ1v) is 9.23. The summed E-state index contributed by atoms with van der Waals surface area (Å²) in [6.07, 6.45) is 6.29. The number of nitrogens with one attached hydrogen (secondary N) is 2. The molecule has 142 valence electrons. The smallest absolute Gasteiger partial charge is 0.293 e. The number of hydrogen-bond acceptors (Lipinski definition) is 5. The summed E-state index contributed by atoms with van der Waals surface area (Å²) in [5, 5.41) is 6.04. The van der Waals surface area contributed by atoms with Crippen molar-refractivity contribution < 1.29 is 13.5 Å². The van der Waals surface area contributed by atoms with Gasteiger partial charge in [-0.05, 0) is 18.4 Å². The van der Waals surface area contributed by atoms with Crippen LogP contribution in [0.25, 0.3) is 5.76 Å². The second-order valence-corrected chi connectivity index (χ2v) is 6.98. The number of hydrogen-bond donors (Lipinski definition) is 2. The van der Waals surface area contributed by atoms with Gasteiger partial charge in [0.25, 0.3) is 6.43 Å². The van der Waals surface area contributed by atoms with Crippen LogP contribution in [0, 0.1) is 0 Å². The van der Waals surface area contributed by atoms with E-state index in [2.05, 4.69) is 32.7 Å². The topological polar surface area (TPSA) is 59.1 Å². The molecule has 0 bridgehead atoms. The average molecular weight is 372 g/mol. The number of alkyl halides is 2. The van der Waals surface area contributed by atoms with E-state index in [4.69, 9.17) is 4.74 Å². The highest BCUT2D eigenvalue weighted by molar-refractivity contribution is 5.60. The third-order valence-electron chi connectivity index (χ3n) is 5.18. The summed E-state index contributed by atoms with van der Waals surface area (Å²) in [6, 6.07) is 10.4. The zero-order valence-electron chi connectivity index (χ0n) is 14.9. The summed E-state index contributed by atoms with van der Waals surface area (Å²) >= 11 is 0. The van der Waals surface area contributed by atoms with Crippen molar-refractivity contribution in [3.8, 4) is 0 Å². The highest BCUT2D eigenvalue weighted by Crippen LogP contribution is 2.39. The Kier molecular flexibility index (Phi) is 4.92. The Morgan fingerprint density at radius 2 is 1.78 bits per heavy atom. The summed E-state index contributed by atoms with van der Waals surface area (Å²) < 4.78 is 30.6. The lowest BCUT2D eigenvalue weighted by molar-refractivity contribution is -0.00434. The van der Waals surface area contributed by atoms with Gasteiger partial charge in [-0.2, -0.15) is 0 Å². The second-order valence-electron chi connectivity index (χ2n) is 6.98. The van der Waals surface area contributed by atoms with Crippen molar-refractivity contribution in [2.45, 2.75) is 50.3 Å². The number of halogens is 2. The Hall–Kier alpha value is -2.70. The minimum atomic E-state index is -2.60. The molecule has 1 aliphatic heterocycles. The Bertz CT molecular complexity index is 789. The van der Waals surface area contributed by atoms with Crippen molar-refractivity contribution in [2.24, 2.45) is 0 Å². The largest absolute Gasteiger partial charge is 0.462 e. The van der Waals surface area contributed by atoms with Gasteiger partial charge < -0.3 is 15.4 Å². The van der Waals surface area contributed by atoms with Gasteiger partial charge in [-0.1, -0.05) is 49.6 Å². The maximum atomic E-state index is 12.7. The third-order valence-corrected chi connectivity index (χ3v) is 5.18. The van der Waals surface area contributed by atoms with E-state index in [-0.39, 0.29) is 5.54 Å². The van der Waals surface area contributed by atoms with Crippen molar-refractivity contribution in [1.29, 1.82) is 0 Å². The van der Waals surface area contributed by atoms with Gasteiger partial charge in [0.1, 0.15) is 5.76 Å². The van der Waals surface area contributed by atoms with Crippen molar-refractivity contribution in [3.05, 3.63) is 60.1 Å². The van der Waals surface area contributed by atoms with E-state index in [0.29, 0.717) is 17.3 Å². The molecule has 1 atom stereocenters. The van der Waals surface area contributed by atoms with Crippen molar-refractivity contribution in [1.82, 2.24) is 15.3 Å². The molecule has 1 aromatic carbocycles. The summed E-state index contributed by atoms with van der Waals surface area (Å²) in [6.45, 7) is 0. The highest BCUT2D eigenvalue weighted by Gasteiger charge is 2.34. The molecule has 1 unspecified atom stereocenters. The van der Waals surface area contributed by atoms with Crippen LogP contribution < -0.4 is 10.6 Å². The zero-order chi connectivity index (χ0) is 18.7. The Morgan fingerprint density at radius 3 is 2.41 bits per heavy atom. The van der Waals surface area contributed by atoms with Gasteiger partial charge in [-0.15, -0.1) is 0 Å². The molecule has 5 nitrogen and oxygen atoms in total. The van der Waals surface area contributed by atoms with E-state index >= 15 is 0 Å². The molecule has 1 aromatic heterocycles. The standard InChI is InChI=1S/C20H22F2N4O/c21-17(22)18-23-13-16(27-18)14-11-24-19(25-12-14)26-20(9-5-2-6-10-20)15-7-3-1-4-8-15/h1,3-4,7-8,11-13,17-18,23H,2,5-6,9-10H2,(H,24,25,26). The van der Waals surface area contributed by atoms with E-state index < -0.39 is 12.7 Å². The van der Waals surface area contributed by atoms with E-state index in [1.54, 1.807) is 12.4 Å². The van der Waals surface area contributed by atoms with Crippen molar-refractivity contribution in [2.75, 3.05) is 5.32 Å². The van der Waals surface area contributed by atoms with Crippen LogP contribution in [0.2, 0.25) is 0 Å². The minimum Gasteiger partial charge on any atom is -0.462 e. The van der Waals surface area contributed by atoms with E-state index in [1.165, 1.54) is 18.2 Å². The lowest BCUT2D eigenvalue weighted by Gasteiger charge is -2.38. The van der Waals surface area contributed by atoms with E-state index in [9.17, 15) is 8.78 Å². The molecule has 0 spiro atoms. The fourth-order valence-corrected chi connectivity index (χ4v) is 3.77. The zero-order valence-corrected chi connectivity index (χ0v) is 14.9. The molecule has 7 heteroatoms. The summed E-state index contributed by atoms with van der Waals surface area (Å²) in [7, 11) is 0. The van der Waals surface area contributed by atoms with Gasteiger partial charge in [0.15, 0.2) is 0 Å². The number of benzene rings is 1. The number of nitrogens with zero attached hydrogens (tertiary/aromatic N) is 2. The molecule has 27 heavy (non-hydrogen) atoms. The summed E-state index contributed by atoms with van der Waals surface area (Å²) in [4.78, 5) is 8.80. The molecule has 1 fully saturated rings. The lowest BCUT2D eigenvalue weighted by Crippen LogP contribution is -2.38. The Labute approximate surface area is 156 Å². The first-order valence-electron chi connectivity index (χ1n) is 9.23. The summed E-state index contributed by atoms with van der Waals surface area (Å²) in [5.74, 6) is 0.851. The molecule has 0 amide bonds. The van der Waals surface area contributed by atoms with Crippen LogP contribution >= 0.6 is 0 Å². The van der Waals surface area contributed by atoms with Crippen molar-refractivity contribution in [3.63, 3.8) is 0 Å². The molecule has 2 aromatic rings. The van der Waals surface area contributed by atoms with Crippen LogP contribution in [-0.2, 0) is 10.3 Å². The van der Waals surface area contributed by atoms with Crippen LogP contribution in [0.5, 0.6) is 0 Å². The highest BCUT2D eigenvalue weighted by atomic mass is 19.3. The van der Waals surface area contributed by atoms with Gasteiger partial charge >= 0.3 is 0 Å². The first-order chi connectivity index (χ1) is 13.2. The molecule has 1 saturated carbocycles. The number of aromatic nitrogens is 2. The lowest BCUT2D eigenvalue weighted by atomic mass is 9.76. The number of ether oxygens (including phenoxy) is 1. The predicted octanol–water partition coefficient (Wildman–Crippen LogP) is 4.26. The Morgan fingerprint density at radius 1 is 1.07 bits per heavy atom. The maximum Gasteiger partial charge on any atom is 0.293 e. The normalized spacial score (nSPS) is 21.3. The summed E-state index contributed by atoms with van der Waals surface area (Å²) in [5.41, 5.74) is 1.63. The van der Waals surface area contributed by atoms with Gasteiger partial charge in [0, 0.05) is 18.6 Å². The predicted molar refractivity (Wildman–Crippen MR) is 98.8 cm³/mol. The third kappa shape index (κ3) is 3.72. The number of rotatable bonds is 5. The quantitative estimate of drug-likeness (QED) is 0.821. The van der Waals surface area contributed by atoms with E-state index in [0.717, 1.165) is 25.7 Å². The molecular formula is C20H22F2N4O. The SMILES string of the molecule is FC(F)C1NC=C(c2cnc(NC3(c4ccccc4)CCCCC3)nc2)O1.